The quantitative estimate of drug-likeness (QED) is 0.152. The second kappa shape index (κ2) is 11.1. The smallest absolute Gasteiger partial charge is 0.197 e. The van der Waals surface area contributed by atoms with Gasteiger partial charge in [-0.3, -0.25) is 0 Å². The fourth-order valence-corrected chi connectivity index (χ4v) is 16.4. The lowest BCUT2D eigenvalue weighted by Gasteiger charge is -2.44. The molecule has 5 heteroatoms. The first kappa shape index (κ1) is 28.2. The molecule has 0 aromatic heterocycles. The number of ether oxygens (including phenoxy) is 2. The monoisotopic (exact) mass is 656 g/mol. The van der Waals surface area contributed by atoms with Crippen molar-refractivity contribution in [3.8, 4) is 34.1 Å². The highest BCUT2D eigenvalue weighted by molar-refractivity contribution is 8.25. The summed E-state index contributed by atoms with van der Waals surface area (Å²) in [7, 11) is -2.84. The predicted molar refractivity (Wildman–Crippen MR) is 202 cm³/mol. The largest absolute Gasteiger partial charge is 0.457 e. The van der Waals surface area contributed by atoms with E-state index in [1.165, 1.54) is 26.2 Å². The minimum Gasteiger partial charge on any atom is -0.457 e. The molecule has 2 aliphatic heterocycles. The van der Waals surface area contributed by atoms with Crippen molar-refractivity contribution in [2.75, 3.05) is 0 Å². The Kier molecular flexibility index (Phi) is 6.65. The van der Waals surface area contributed by atoms with E-state index in [0.29, 0.717) is 0 Å². The van der Waals surface area contributed by atoms with Crippen molar-refractivity contribution in [1.82, 2.24) is 0 Å². The van der Waals surface area contributed by atoms with Gasteiger partial charge in [-0.05, 0) is 67.4 Å². The lowest BCUT2D eigenvalue weighted by molar-refractivity contribution is 0.465. The molecule has 1 unspecified atom stereocenters. The van der Waals surface area contributed by atoms with E-state index < -0.39 is 14.1 Å². The van der Waals surface area contributed by atoms with E-state index in [0.717, 1.165) is 44.6 Å². The Morgan fingerprint density at radius 3 is 1.62 bits per heavy atom. The van der Waals surface area contributed by atoms with Gasteiger partial charge in [0.05, 0.1) is 0 Å². The summed E-state index contributed by atoms with van der Waals surface area (Å²) in [6.45, 7) is 0. The van der Waals surface area contributed by atoms with Crippen LogP contribution in [0.1, 0.15) is 0 Å². The van der Waals surface area contributed by atoms with E-state index >= 15 is 0 Å². The molecule has 0 spiro atoms. The maximum absolute atomic E-state index is 7.00. The Morgan fingerprint density at radius 1 is 0.447 bits per heavy atom. The van der Waals surface area contributed by atoms with E-state index in [4.69, 9.17) is 21.3 Å². The molecule has 0 N–H and O–H groups in total. The maximum atomic E-state index is 7.00. The van der Waals surface area contributed by atoms with Crippen LogP contribution in [0.3, 0.4) is 0 Å². The highest BCUT2D eigenvalue weighted by Gasteiger charge is 2.54. The fraction of sp³-hybridized carbons (Fsp3) is 0. The molecule has 2 aliphatic rings. The van der Waals surface area contributed by atoms with Gasteiger partial charge in [0.1, 0.15) is 23.0 Å². The summed E-state index contributed by atoms with van der Waals surface area (Å²) in [4.78, 5) is 0. The Bertz CT molecular complexity index is 2290. The number of para-hydroxylation sites is 2. The van der Waals surface area contributed by atoms with Gasteiger partial charge in [0.2, 0.25) is 0 Å². The number of hydrogen-bond acceptors (Lipinski definition) is 3. The third-order valence-electron chi connectivity index (χ3n) is 9.48. The van der Waals surface area contributed by atoms with Crippen molar-refractivity contribution in [3.63, 3.8) is 0 Å². The van der Waals surface area contributed by atoms with Gasteiger partial charge in [0.15, 0.2) is 8.07 Å². The molecule has 0 radical (unpaired) electrons. The molecule has 9 rings (SSSR count). The molecule has 2 heterocycles. The van der Waals surface area contributed by atoms with Crippen LogP contribution in [0.4, 0.5) is 0 Å². The Labute approximate surface area is 280 Å². The molecular formula is C42H29O2PSSi. The predicted octanol–water partition coefficient (Wildman–Crippen LogP) is 6.70. The van der Waals surface area contributed by atoms with Crippen LogP contribution in [0.15, 0.2) is 176 Å². The van der Waals surface area contributed by atoms with Gasteiger partial charge in [-0.15, -0.1) is 0 Å². The third-order valence-corrected chi connectivity index (χ3v) is 19.3. The SMILES string of the molecule is S=P(c1ccccc1)(c1ccccc1)c1cccc(-c2ccc3c4c2Oc2ccccc2[Si]4(c2ccccc2)c2ccccc2O3)c1. The van der Waals surface area contributed by atoms with Crippen LogP contribution in [0, 0.1) is 0 Å². The summed E-state index contributed by atoms with van der Waals surface area (Å²) in [5, 5.41) is 8.46. The summed E-state index contributed by atoms with van der Waals surface area (Å²) in [6, 6.07) is 60.1. The fourth-order valence-electron chi connectivity index (χ4n) is 7.45. The van der Waals surface area contributed by atoms with Gasteiger partial charge in [-0.2, -0.15) is 0 Å². The first-order valence-corrected chi connectivity index (χ1v) is 20.6. The summed E-state index contributed by atoms with van der Waals surface area (Å²) in [5.41, 5.74) is 2.12. The Hall–Kier alpha value is -4.99. The summed E-state index contributed by atoms with van der Waals surface area (Å²) in [6.07, 6.45) is 0. The van der Waals surface area contributed by atoms with Crippen LogP contribution >= 0.6 is 6.04 Å². The lowest BCUT2D eigenvalue weighted by Crippen LogP contribution is -2.77. The van der Waals surface area contributed by atoms with Crippen LogP contribution in [-0.4, -0.2) is 8.07 Å². The zero-order chi connectivity index (χ0) is 31.4. The van der Waals surface area contributed by atoms with Gasteiger partial charge in [0.25, 0.3) is 0 Å². The van der Waals surface area contributed by atoms with Gasteiger partial charge < -0.3 is 9.47 Å². The second-order valence-corrected chi connectivity index (χ2v) is 20.0. The van der Waals surface area contributed by atoms with Crippen molar-refractivity contribution >= 4 is 62.6 Å². The first-order valence-electron chi connectivity index (χ1n) is 15.8. The van der Waals surface area contributed by atoms with Gasteiger partial charge >= 0.3 is 0 Å². The zero-order valence-electron chi connectivity index (χ0n) is 25.4. The highest BCUT2D eigenvalue weighted by atomic mass is 32.4. The molecule has 2 nitrogen and oxygen atoms in total. The lowest BCUT2D eigenvalue weighted by atomic mass is 10.0. The molecule has 7 aromatic rings. The molecule has 0 saturated carbocycles. The van der Waals surface area contributed by atoms with Gasteiger partial charge in [-0.25, -0.2) is 0 Å². The van der Waals surface area contributed by atoms with Gasteiger partial charge in [-0.1, -0.05) is 157 Å². The summed E-state index contributed by atoms with van der Waals surface area (Å²) < 4.78 is 13.7. The number of rotatable bonds is 5. The number of benzene rings is 7. The van der Waals surface area contributed by atoms with Crippen LogP contribution in [0.25, 0.3) is 11.1 Å². The standard InChI is InChI=1S/C42H29O2PSSi/c46-45(31-16-4-1-5-17-31,32-18-6-2-7-19-32)33-20-14-15-30(29-33)35-27-28-38-42-41(35)44-37-24-11-13-26-40(37)47(42,34-21-8-3-9-22-34)39-25-12-10-23-36(39)43-38/h1-29H. The van der Waals surface area contributed by atoms with Crippen LogP contribution in [0.5, 0.6) is 23.0 Å². The normalized spacial score (nSPS) is 15.7. The molecule has 0 bridgehead atoms. The van der Waals surface area contributed by atoms with Crippen LogP contribution in [0.2, 0.25) is 0 Å². The average Bonchev–Trinajstić information content (AvgIpc) is 3.15. The third kappa shape index (κ3) is 4.19. The van der Waals surface area contributed by atoms with E-state index in [-0.39, 0.29) is 0 Å². The van der Waals surface area contributed by atoms with Crippen molar-refractivity contribution in [1.29, 1.82) is 0 Å². The van der Waals surface area contributed by atoms with Crippen molar-refractivity contribution < 1.29 is 9.47 Å². The van der Waals surface area contributed by atoms with E-state index in [1.807, 2.05) is 0 Å². The molecule has 7 aromatic carbocycles. The Balaban J connectivity index is 1.32. The second-order valence-electron chi connectivity index (χ2n) is 12.0. The molecule has 47 heavy (non-hydrogen) atoms. The van der Waals surface area contributed by atoms with E-state index in [2.05, 4.69) is 176 Å². The van der Waals surface area contributed by atoms with Gasteiger partial charge in [0, 0.05) is 16.8 Å². The molecule has 0 saturated heterocycles. The minimum absolute atomic E-state index is 0.863. The highest BCUT2D eigenvalue weighted by Crippen LogP contribution is 2.46. The van der Waals surface area contributed by atoms with Crippen molar-refractivity contribution in [3.05, 3.63) is 176 Å². The van der Waals surface area contributed by atoms with E-state index in [9.17, 15) is 0 Å². The first-order chi connectivity index (χ1) is 23.2. The minimum atomic E-state index is -2.84. The molecule has 0 fully saturated rings. The Morgan fingerprint density at radius 2 is 0.979 bits per heavy atom. The summed E-state index contributed by atoms with van der Waals surface area (Å²) >= 11 is 6.74. The van der Waals surface area contributed by atoms with Crippen LogP contribution < -0.4 is 46.1 Å². The molecule has 0 amide bonds. The van der Waals surface area contributed by atoms with Crippen LogP contribution in [-0.2, 0) is 11.8 Å². The number of fused-ring (bicyclic) bond motifs is 4. The average molecular weight is 657 g/mol. The summed E-state index contributed by atoms with van der Waals surface area (Å²) in [5.74, 6) is 3.55. The molecule has 1 atom stereocenters. The van der Waals surface area contributed by atoms with E-state index in [1.54, 1.807) is 0 Å². The molecular weight excluding hydrogens is 628 g/mol. The number of hydrogen-bond donors (Lipinski definition) is 0. The van der Waals surface area contributed by atoms with Crippen molar-refractivity contribution in [2.45, 2.75) is 0 Å². The molecule has 0 aliphatic carbocycles. The topological polar surface area (TPSA) is 18.5 Å². The van der Waals surface area contributed by atoms with Crippen molar-refractivity contribution in [2.24, 2.45) is 0 Å². The molecule has 224 valence electrons. The maximum Gasteiger partial charge on any atom is 0.197 e. The zero-order valence-corrected chi connectivity index (χ0v) is 28.1.